The van der Waals surface area contributed by atoms with Crippen LogP contribution in [0.2, 0.25) is 5.02 Å². The van der Waals surface area contributed by atoms with Gasteiger partial charge in [0.05, 0.1) is 57.2 Å². The maximum atomic E-state index is 11.6. The number of aromatic amines is 1. The number of halogens is 1. The predicted molar refractivity (Wildman–Crippen MR) is 417 cm³/mol. The highest BCUT2D eigenvalue weighted by Gasteiger charge is 2.23. The number of amides is 2. The van der Waals surface area contributed by atoms with Crippen LogP contribution in [-0.4, -0.2) is 65.6 Å². The molecular formula is C83H68ClN19O5. The average molecular weight is 1450 g/mol. The highest BCUT2D eigenvalue weighted by Crippen LogP contribution is 2.41. The second-order valence-corrected chi connectivity index (χ2v) is 26.0. The van der Waals surface area contributed by atoms with Crippen LogP contribution in [-0.2, 0) is 21.1 Å². The summed E-state index contributed by atoms with van der Waals surface area (Å²) in [7, 11) is 5.71. The van der Waals surface area contributed by atoms with Crippen molar-refractivity contribution in [1.29, 1.82) is 15.8 Å². The number of nitriles is 3. The zero-order valence-electron chi connectivity index (χ0n) is 59.9. The van der Waals surface area contributed by atoms with E-state index in [2.05, 4.69) is 86.4 Å². The van der Waals surface area contributed by atoms with Crippen LogP contribution in [0, 0.1) is 75.5 Å². The zero-order chi connectivity index (χ0) is 76.0. The number of hydrogen-bond donors (Lipinski definition) is 6. The first-order valence-electron chi connectivity index (χ1n) is 33.7. The second-order valence-electron chi connectivity index (χ2n) is 25.6. The van der Waals surface area contributed by atoms with E-state index < -0.39 is 11.8 Å². The van der Waals surface area contributed by atoms with Gasteiger partial charge in [0, 0.05) is 79.7 Å². The van der Waals surface area contributed by atoms with Crippen LogP contribution < -0.4 is 41.6 Å². The summed E-state index contributed by atoms with van der Waals surface area (Å²) in [5, 5.41) is 44.1. The molecule has 108 heavy (non-hydrogen) atoms. The van der Waals surface area contributed by atoms with Crippen molar-refractivity contribution in [3.8, 4) is 86.5 Å². The van der Waals surface area contributed by atoms with Crippen molar-refractivity contribution in [3.63, 3.8) is 0 Å². The van der Waals surface area contributed by atoms with Gasteiger partial charge in [-0.1, -0.05) is 35.9 Å². The smallest absolute Gasteiger partial charge is 0.249 e. The normalized spacial score (nSPS) is 10.8. The van der Waals surface area contributed by atoms with Crippen LogP contribution in [0.1, 0.15) is 70.8 Å². The number of nitrogens with zero attached hydrogens (tertiary/aromatic N) is 13. The van der Waals surface area contributed by atoms with Gasteiger partial charge in [-0.05, 0) is 248 Å². The topological polar surface area (TPSA) is 342 Å². The Morgan fingerprint density at radius 1 is 0.435 bits per heavy atom. The molecule has 0 fully saturated rings. The molecule has 7 heterocycles. The van der Waals surface area contributed by atoms with Crippen LogP contribution in [0.4, 0.5) is 34.9 Å². The number of ether oxygens (including phenoxy) is 3. The Morgan fingerprint density at radius 3 is 1.21 bits per heavy atom. The van der Waals surface area contributed by atoms with Crippen LogP contribution in [0.15, 0.2) is 201 Å². The van der Waals surface area contributed by atoms with Gasteiger partial charge < -0.3 is 55.3 Å². The minimum absolute atomic E-state index is 0.339. The minimum Gasteiger partial charge on any atom is -0.436 e. The number of anilines is 6. The number of benzene rings is 8. The number of fused-ring (bicyclic) bond motifs is 3. The summed E-state index contributed by atoms with van der Waals surface area (Å²) in [5.41, 5.74) is 31.6. The molecule has 7 aromatic heterocycles. The van der Waals surface area contributed by atoms with Gasteiger partial charge in [0.2, 0.25) is 47.3 Å². The zero-order valence-corrected chi connectivity index (χ0v) is 60.7. The summed E-state index contributed by atoms with van der Waals surface area (Å²) in [6, 6.07) is 58.0. The Labute approximate surface area is 625 Å². The van der Waals surface area contributed by atoms with Gasteiger partial charge in [0.15, 0.2) is 0 Å². The van der Waals surface area contributed by atoms with Crippen LogP contribution >= 0.6 is 11.6 Å². The fourth-order valence-corrected chi connectivity index (χ4v) is 12.7. The molecule has 8 N–H and O–H groups in total. The molecular weight excluding hydrogens is 1380 g/mol. The monoisotopic (exact) mass is 1450 g/mol. The molecule has 0 atom stereocenters. The van der Waals surface area contributed by atoms with Crippen molar-refractivity contribution in [2.45, 2.75) is 41.5 Å². The van der Waals surface area contributed by atoms with E-state index in [0.29, 0.717) is 96.6 Å². The second kappa shape index (κ2) is 30.7. The van der Waals surface area contributed by atoms with E-state index in [1.54, 1.807) is 109 Å². The first kappa shape index (κ1) is 71.7. The molecule has 25 heteroatoms. The number of aryl methyl sites for hydroxylation is 9. The average Bonchev–Trinajstić information content (AvgIpc) is 1.54. The van der Waals surface area contributed by atoms with Gasteiger partial charge in [0.25, 0.3) is 0 Å². The van der Waals surface area contributed by atoms with Crippen molar-refractivity contribution >= 4 is 91.4 Å². The van der Waals surface area contributed by atoms with E-state index in [1.807, 2.05) is 156 Å². The van der Waals surface area contributed by atoms with E-state index >= 15 is 0 Å². The standard InChI is InChI=1S/2C29H24N6O2.C25H20ClN7O/c1-17-14-22(20-6-8-21(9-7-20)27(31)36)15-18(2)26(17)37-28-25-24(12-13-35(25)3)33-29(34-28)32-23-10-4-19(16-30)5-11-23;1-17-13-22(20-5-4-6-21(15-20)27(31)36)14-18(2)26(17)37-28-25-24(11-12-35(25)3)33-29(34-28)32-23-9-7-19(16-30)8-10-23;1-14-8-17(18-11-28-29-12-18)9-15(2)23(14)34-24-22-21(20(26)13-33(22)3)31-25(32-24)30-19-6-4-16(10-27)5-7-19/h2*4-15H,1-3H3,(H2,31,36)(H,32,33,34);4-9,11-13H,1-3H3,(H,28,29)(H,30,31,32). The molecule has 532 valence electrons. The fraction of sp³-hybridized carbons (Fsp3) is 0.108. The van der Waals surface area contributed by atoms with Gasteiger partial charge in [-0.25, -0.2) is 15.0 Å². The molecule has 24 nitrogen and oxygen atoms in total. The van der Waals surface area contributed by atoms with E-state index in [4.69, 9.17) is 53.1 Å². The van der Waals surface area contributed by atoms with Gasteiger partial charge in [-0.2, -0.15) is 35.8 Å². The number of hydrogen-bond acceptors (Lipinski definition) is 18. The minimum atomic E-state index is -0.462. The molecule has 15 aromatic rings. The van der Waals surface area contributed by atoms with Crippen LogP contribution in [0.3, 0.4) is 0 Å². The maximum absolute atomic E-state index is 11.6. The van der Waals surface area contributed by atoms with E-state index in [1.165, 1.54) is 0 Å². The molecule has 0 saturated carbocycles. The lowest BCUT2D eigenvalue weighted by molar-refractivity contribution is 0.0992. The Balaban J connectivity index is 0.000000143. The quantitative estimate of drug-likeness (QED) is 0.0493. The molecule has 0 radical (unpaired) electrons. The molecule has 0 bridgehead atoms. The third kappa shape index (κ3) is 15.6. The Kier molecular flexibility index (Phi) is 20.4. The van der Waals surface area contributed by atoms with E-state index in [9.17, 15) is 9.59 Å². The first-order chi connectivity index (χ1) is 52.1. The molecule has 15 rings (SSSR count). The number of carbonyl (C=O) groups is 2. The number of H-pyrrole nitrogens is 1. The Bertz CT molecular complexity index is 6040. The summed E-state index contributed by atoms with van der Waals surface area (Å²) in [6.45, 7) is 11.9. The lowest BCUT2D eigenvalue weighted by Crippen LogP contribution is -2.10. The molecule has 0 unspecified atom stereocenters. The van der Waals surface area contributed by atoms with Crippen molar-refractivity contribution < 1.29 is 23.8 Å². The number of aromatic nitrogens is 11. The highest BCUT2D eigenvalue weighted by molar-refractivity contribution is 6.35. The number of rotatable bonds is 17. The van der Waals surface area contributed by atoms with Crippen molar-refractivity contribution in [3.05, 3.63) is 267 Å². The fourth-order valence-electron chi connectivity index (χ4n) is 12.4. The Morgan fingerprint density at radius 2 is 0.824 bits per heavy atom. The molecule has 8 aromatic carbocycles. The summed E-state index contributed by atoms with van der Waals surface area (Å²) in [4.78, 5) is 50.9. The molecule has 0 saturated heterocycles. The molecule has 0 aliphatic heterocycles. The van der Waals surface area contributed by atoms with Gasteiger partial charge in [-0.3, -0.25) is 14.7 Å². The maximum Gasteiger partial charge on any atom is 0.249 e. The largest absolute Gasteiger partial charge is 0.436 e. The Hall–Kier alpha value is -14.7. The number of primary amides is 2. The van der Waals surface area contributed by atoms with Gasteiger partial charge in [-0.15, -0.1) is 0 Å². The molecule has 0 aliphatic rings. The van der Waals surface area contributed by atoms with Gasteiger partial charge >= 0.3 is 0 Å². The summed E-state index contributed by atoms with van der Waals surface area (Å²) < 4.78 is 25.0. The van der Waals surface area contributed by atoms with E-state index in [0.717, 1.165) is 106 Å². The third-order valence-corrected chi connectivity index (χ3v) is 18.0. The van der Waals surface area contributed by atoms with Crippen LogP contribution in [0.5, 0.6) is 34.9 Å². The number of nitrogens with two attached hydrogens (primary N) is 2. The third-order valence-electron chi connectivity index (χ3n) is 17.7. The summed E-state index contributed by atoms with van der Waals surface area (Å²) >= 11 is 6.47. The summed E-state index contributed by atoms with van der Waals surface area (Å²) in [5.74, 6) is 3.56. The van der Waals surface area contributed by atoms with Crippen molar-refractivity contribution in [2.75, 3.05) is 16.0 Å². The first-order valence-corrected chi connectivity index (χ1v) is 34.1. The van der Waals surface area contributed by atoms with E-state index in [-0.39, 0.29) is 0 Å². The predicted octanol–water partition coefficient (Wildman–Crippen LogP) is 17.6. The molecule has 0 aliphatic carbocycles. The lowest BCUT2D eigenvalue weighted by atomic mass is 9.98. The number of nitrogens with one attached hydrogen (secondary N) is 4. The van der Waals surface area contributed by atoms with Gasteiger partial charge in [0.1, 0.15) is 39.3 Å². The lowest BCUT2D eigenvalue weighted by Gasteiger charge is -2.16. The SMILES string of the molecule is Cc1cc(-c2ccc(C(N)=O)cc2)cc(C)c1Oc1nc(Nc2ccc(C#N)cc2)nc2ccn(C)c12.Cc1cc(-c2cccc(C(N)=O)c2)cc(C)c1Oc1nc(Nc2ccc(C#N)cc2)nc2ccn(C)c12.Cc1cc(-c2cn[nH]c2)cc(C)c1Oc1nc(Nc2ccc(C#N)cc2)nc2c(Cl)cn(C)c12. The van der Waals surface area contributed by atoms with Crippen molar-refractivity contribution in [2.24, 2.45) is 32.6 Å². The van der Waals surface area contributed by atoms with Crippen LogP contribution in [0.25, 0.3) is 66.5 Å². The summed E-state index contributed by atoms with van der Waals surface area (Å²) in [6.07, 6.45) is 9.25. The van der Waals surface area contributed by atoms with Crippen molar-refractivity contribution in [1.82, 2.24) is 53.8 Å². The number of carbonyl (C=O) groups excluding carboxylic acids is 2. The highest BCUT2D eigenvalue weighted by atomic mass is 35.5. The molecule has 0 spiro atoms. The molecule has 2 amide bonds.